The molecule has 0 spiro atoms. The summed E-state index contributed by atoms with van der Waals surface area (Å²) in [5.74, 6) is 0.404. The largest absolute Gasteiger partial charge is 0.497 e. The van der Waals surface area contributed by atoms with Crippen LogP contribution in [0.15, 0.2) is 18.2 Å². The summed E-state index contributed by atoms with van der Waals surface area (Å²) in [7, 11) is 1.64. The molecule has 0 amide bonds. The Balaban J connectivity index is 2.61. The molecule has 0 aromatic heterocycles. The fourth-order valence-electron chi connectivity index (χ4n) is 3.62. The number of hydrogen-bond donors (Lipinski definition) is 1. The van der Waals surface area contributed by atoms with Crippen LogP contribution in [0.3, 0.4) is 0 Å². The average molecular weight is 291 g/mol. The van der Waals surface area contributed by atoms with Gasteiger partial charge >= 0.3 is 5.97 Å². The van der Waals surface area contributed by atoms with Crippen LogP contribution in [0.1, 0.15) is 52.0 Å². The molecule has 0 aliphatic carbocycles. The molecule has 2 rings (SSSR count). The third kappa shape index (κ3) is 2.71. The Morgan fingerprint density at radius 1 is 1.52 bits per heavy atom. The zero-order valence-electron chi connectivity index (χ0n) is 13.5. The third-order valence-corrected chi connectivity index (χ3v) is 4.47. The zero-order chi connectivity index (χ0) is 15.8. The summed E-state index contributed by atoms with van der Waals surface area (Å²) in [6.07, 6.45) is 1.51. The van der Waals surface area contributed by atoms with Crippen molar-refractivity contribution in [2.75, 3.05) is 12.0 Å². The number of benzene rings is 1. The number of aliphatic carboxylic acids is 1. The van der Waals surface area contributed by atoms with Gasteiger partial charge in [0.15, 0.2) is 0 Å². The second-order valence-electron chi connectivity index (χ2n) is 6.47. The van der Waals surface area contributed by atoms with Gasteiger partial charge in [0.2, 0.25) is 0 Å². The Morgan fingerprint density at radius 2 is 2.19 bits per heavy atom. The smallest absolute Gasteiger partial charge is 0.326 e. The highest BCUT2D eigenvalue weighted by Gasteiger charge is 2.41. The van der Waals surface area contributed by atoms with Gasteiger partial charge in [0, 0.05) is 17.3 Å². The van der Waals surface area contributed by atoms with Crippen LogP contribution in [-0.4, -0.2) is 29.8 Å². The summed E-state index contributed by atoms with van der Waals surface area (Å²) >= 11 is 0. The monoisotopic (exact) mass is 291 g/mol. The lowest BCUT2D eigenvalue weighted by atomic mass is 9.79. The van der Waals surface area contributed by atoms with Crippen LogP contribution in [0.4, 0.5) is 5.69 Å². The number of carboxylic acids is 1. The molecule has 21 heavy (non-hydrogen) atoms. The van der Waals surface area contributed by atoms with Crippen molar-refractivity contribution < 1.29 is 14.6 Å². The van der Waals surface area contributed by atoms with E-state index in [4.69, 9.17) is 4.74 Å². The normalized spacial score (nSPS) is 21.6. The third-order valence-electron chi connectivity index (χ3n) is 4.47. The molecule has 2 atom stereocenters. The van der Waals surface area contributed by atoms with Gasteiger partial charge < -0.3 is 14.7 Å². The van der Waals surface area contributed by atoms with E-state index in [0.717, 1.165) is 17.9 Å². The van der Waals surface area contributed by atoms with Crippen molar-refractivity contribution in [1.82, 2.24) is 0 Å². The lowest BCUT2D eigenvalue weighted by Crippen LogP contribution is -2.56. The van der Waals surface area contributed by atoms with Crippen molar-refractivity contribution in [1.29, 1.82) is 0 Å². The van der Waals surface area contributed by atoms with Gasteiger partial charge in [-0.15, -0.1) is 0 Å². The van der Waals surface area contributed by atoms with Crippen LogP contribution >= 0.6 is 0 Å². The maximum atomic E-state index is 11.7. The lowest BCUT2D eigenvalue weighted by Gasteiger charge is -2.50. The zero-order valence-corrected chi connectivity index (χ0v) is 13.5. The number of methoxy groups -OCH3 is 1. The molecule has 116 valence electrons. The Morgan fingerprint density at radius 3 is 2.71 bits per heavy atom. The van der Waals surface area contributed by atoms with Crippen LogP contribution in [0.25, 0.3) is 0 Å². The van der Waals surface area contributed by atoms with Crippen molar-refractivity contribution in [3.63, 3.8) is 0 Å². The number of rotatable bonds is 4. The number of carboxylic acid groups (broad SMARTS) is 1. The number of anilines is 1. The summed E-state index contributed by atoms with van der Waals surface area (Å²) in [6, 6.07) is 5.47. The van der Waals surface area contributed by atoms with E-state index in [-0.39, 0.29) is 5.54 Å². The van der Waals surface area contributed by atoms with Crippen molar-refractivity contribution in [3.05, 3.63) is 23.8 Å². The molecule has 1 aromatic carbocycles. The highest BCUT2D eigenvalue weighted by molar-refractivity contribution is 5.80. The second-order valence-corrected chi connectivity index (χ2v) is 6.47. The summed E-state index contributed by atoms with van der Waals surface area (Å²) in [5, 5.41) is 9.60. The SMILES string of the molecule is CC[C@H](C(=O)O)N1c2cc(OC)ccc2[C@H](C)CC1(C)C. The van der Waals surface area contributed by atoms with Gasteiger partial charge in [-0.05, 0) is 44.2 Å². The maximum Gasteiger partial charge on any atom is 0.326 e. The molecule has 0 saturated carbocycles. The van der Waals surface area contributed by atoms with Gasteiger partial charge in [-0.25, -0.2) is 4.79 Å². The summed E-state index contributed by atoms with van der Waals surface area (Å²) in [6.45, 7) is 8.37. The Bertz CT molecular complexity index is 539. The molecule has 1 heterocycles. The molecule has 0 bridgehead atoms. The molecule has 1 aliphatic heterocycles. The van der Waals surface area contributed by atoms with Crippen LogP contribution in [0, 0.1) is 0 Å². The van der Waals surface area contributed by atoms with E-state index in [1.807, 2.05) is 19.1 Å². The molecule has 4 nitrogen and oxygen atoms in total. The molecule has 0 unspecified atom stereocenters. The number of ether oxygens (including phenoxy) is 1. The molecular weight excluding hydrogens is 266 g/mol. The first-order chi connectivity index (χ1) is 9.81. The standard InChI is InChI=1S/C17H25NO3/c1-6-14(16(19)20)18-15-9-12(21-5)7-8-13(15)11(2)10-17(18,3)4/h7-9,11,14H,6,10H2,1-5H3,(H,19,20)/t11-,14-/m1/s1. The second kappa shape index (κ2) is 5.58. The Labute approximate surface area is 126 Å². The fraction of sp³-hybridized carbons (Fsp3) is 0.588. The molecular formula is C17H25NO3. The van der Waals surface area contributed by atoms with Gasteiger partial charge in [0.25, 0.3) is 0 Å². The Kier molecular flexibility index (Phi) is 4.17. The topological polar surface area (TPSA) is 49.8 Å². The van der Waals surface area contributed by atoms with Crippen molar-refractivity contribution >= 4 is 11.7 Å². The van der Waals surface area contributed by atoms with E-state index in [1.165, 1.54) is 5.56 Å². The summed E-state index contributed by atoms with van der Waals surface area (Å²) in [4.78, 5) is 13.8. The van der Waals surface area contributed by atoms with Gasteiger partial charge in [0.1, 0.15) is 11.8 Å². The molecule has 1 N–H and O–H groups in total. The number of carbonyl (C=O) groups is 1. The molecule has 4 heteroatoms. The summed E-state index contributed by atoms with van der Waals surface area (Å²) in [5.41, 5.74) is 2.00. The summed E-state index contributed by atoms with van der Waals surface area (Å²) < 4.78 is 5.33. The first kappa shape index (κ1) is 15.7. The van der Waals surface area contributed by atoms with Crippen molar-refractivity contribution in [3.8, 4) is 5.75 Å². The van der Waals surface area contributed by atoms with Crippen LogP contribution in [0.5, 0.6) is 5.75 Å². The average Bonchev–Trinajstić information content (AvgIpc) is 2.41. The Hall–Kier alpha value is -1.71. The van der Waals surface area contributed by atoms with E-state index in [1.54, 1.807) is 7.11 Å². The van der Waals surface area contributed by atoms with Crippen molar-refractivity contribution in [2.24, 2.45) is 0 Å². The van der Waals surface area contributed by atoms with E-state index in [2.05, 4.69) is 31.7 Å². The quantitative estimate of drug-likeness (QED) is 0.920. The van der Waals surface area contributed by atoms with Gasteiger partial charge in [-0.2, -0.15) is 0 Å². The van der Waals surface area contributed by atoms with Gasteiger partial charge in [0.05, 0.1) is 7.11 Å². The first-order valence-corrected chi connectivity index (χ1v) is 7.52. The fourth-order valence-corrected chi connectivity index (χ4v) is 3.62. The minimum atomic E-state index is -0.770. The van der Waals surface area contributed by atoms with Crippen molar-refractivity contribution in [2.45, 2.75) is 58.0 Å². The molecule has 0 fully saturated rings. The predicted octanol–water partition coefficient (Wildman–Crippen LogP) is 3.65. The lowest BCUT2D eigenvalue weighted by molar-refractivity contribution is -0.139. The van der Waals surface area contributed by atoms with Gasteiger partial charge in [-0.3, -0.25) is 0 Å². The first-order valence-electron chi connectivity index (χ1n) is 7.52. The van der Waals surface area contributed by atoms with Crippen LogP contribution < -0.4 is 9.64 Å². The minimum absolute atomic E-state index is 0.197. The number of hydrogen-bond acceptors (Lipinski definition) is 3. The highest BCUT2D eigenvalue weighted by Crippen LogP contribution is 2.46. The predicted molar refractivity (Wildman–Crippen MR) is 84.3 cm³/mol. The van der Waals surface area contributed by atoms with E-state index < -0.39 is 12.0 Å². The van der Waals surface area contributed by atoms with Gasteiger partial charge in [-0.1, -0.05) is 19.9 Å². The number of fused-ring (bicyclic) bond motifs is 1. The molecule has 1 aliphatic rings. The van der Waals surface area contributed by atoms with Crippen LogP contribution in [-0.2, 0) is 4.79 Å². The van der Waals surface area contributed by atoms with E-state index >= 15 is 0 Å². The molecule has 1 aromatic rings. The number of nitrogens with zero attached hydrogens (tertiary/aromatic N) is 1. The minimum Gasteiger partial charge on any atom is -0.497 e. The van der Waals surface area contributed by atoms with Crippen LogP contribution in [0.2, 0.25) is 0 Å². The highest BCUT2D eigenvalue weighted by atomic mass is 16.5. The molecule has 0 saturated heterocycles. The molecule has 0 radical (unpaired) electrons. The maximum absolute atomic E-state index is 11.7. The van der Waals surface area contributed by atoms with E-state index in [0.29, 0.717) is 12.3 Å². The van der Waals surface area contributed by atoms with E-state index in [9.17, 15) is 9.90 Å².